The second-order valence-corrected chi connectivity index (χ2v) is 9.27. The minimum absolute atomic E-state index is 0. The van der Waals surface area contributed by atoms with Gasteiger partial charge in [-0.2, -0.15) is 0 Å². The molecule has 0 saturated heterocycles. The third-order valence-electron chi connectivity index (χ3n) is 3.33. The Hall–Kier alpha value is -2.50. The van der Waals surface area contributed by atoms with E-state index in [0.29, 0.717) is 17.2 Å². The van der Waals surface area contributed by atoms with Gasteiger partial charge in [0.25, 0.3) is 0 Å². The molecule has 0 N–H and O–H groups in total. The Bertz CT molecular complexity index is 931. The number of benzene rings is 3. The smallest absolute Gasteiger partial charge is 0.409 e. The molecule has 3 aromatic carbocycles. The summed E-state index contributed by atoms with van der Waals surface area (Å²) in [5.41, 5.74) is 0. The summed E-state index contributed by atoms with van der Waals surface area (Å²) in [6.45, 7) is 9.00. The van der Waals surface area contributed by atoms with Crippen molar-refractivity contribution in [3.8, 4) is 17.2 Å². The fraction of sp³-hybridized carbons (Fsp3) is 0. The Morgan fingerprint density at radius 1 is 0.462 bits per heavy atom. The van der Waals surface area contributed by atoms with E-state index in [-0.39, 0.29) is 17.1 Å². The van der Waals surface area contributed by atoms with Crippen LogP contribution in [0, 0.1) is 45.4 Å². The SMILES string of the molecule is F[P-](F)(F)(F)(F)F.[C-]#[O+].[C-]#[O+].[CH]1[CH][CH][CH][CH]1.[Fe+2].c1ccc(OP(Oc2ccccc2)Oc2ccccc2)cc1. The van der Waals surface area contributed by atoms with Crippen LogP contribution in [0.4, 0.5) is 25.2 Å². The van der Waals surface area contributed by atoms with Gasteiger partial charge in [-0.3, -0.25) is 0 Å². The topological polar surface area (TPSA) is 67.5 Å². The molecule has 0 unspecified atom stereocenters. The van der Waals surface area contributed by atoms with Crippen LogP contribution in [0.2, 0.25) is 0 Å². The Morgan fingerprint density at radius 3 is 0.821 bits per heavy atom. The van der Waals surface area contributed by atoms with Gasteiger partial charge in [-0.15, -0.1) is 0 Å². The fourth-order valence-electron chi connectivity index (χ4n) is 2.08. The minimum atomic E-state index is -10.7. The van der Waals surface area contributed by atoms with Crippen molar-refractivity contribution in [1.82, 2.24) is 0 Å². The van der Waals surface area contributed by atoms with Crippen molar-refractivity contribution in [2.45, 2.75) is 0 Å². The third kappa shape index (κ3) is 26.9. The maximum Gasteiger partial charge on any atom is 2.00 e. The van der Waals surface area contributed by atoms with Crippen molar-refractivity contribution in [3.63, 3.8) is 0 Å². The average molecular weight is 632 g/mol. The van der Waals surface area contributed by atoms with Gasteiger partial charge in [-0.25, -0.2) is 0 Å². The number of rotatable bonds is 6. The van der Waals surface area contributed by atoms with Crippen LogP contribution < -0.4 is 13.6 Å². The zero-order valence-corrected chi connectivity index (χ0v) is 22.5. The molecule has 0 amide bonds. The van der Waals surface area contributed by atoms with E-state index in [1.807, 2.05) is 123 Å². The van der Waals surface area contributed by atoms with Gasteiger partial charge in [0.15, 0.2) is 0 Å². The maximum atomic E-state index is 9.87. The molecular formula is C25H20F6FeO5P2+. The van der Waals surface area contributed by atoms with Gasteiger partial charge >= 0.3 is 81.3 Å². The van der Waals surface area contributed by atoms with Crippen LogP contribution in [0.25, 0.3) is 0 Å². The molecule has 0 bridgehead atoms. The van der Waals surface area contributed by atoms with Crippen LogP contribution in [0.3, 0.4) is 0 Å². The third-order valence-corrected chi connectivity index (χ3v) is 4.40. The monoisotopic (exact) mass is 632 g/mol. The molecule has 209 valence electrons. The molecule has 0 aliphatic heterocycles. The minimum Gasteiger partial charge on any atom is -0.409 e. The normalized spacial score (nSPS) is 13.1. The molecule has 0 aromatic heterocycles. The van der Waals surface area contributed by atoms with Crippen molar-refractivity contribution in [3.05, 3.63) is 136 Å². The first kappa shape index (κ1) is 38.6. The van der Waals surface area contributed by atoms with Gasteiger partial charge in [0, 0.05) is 0 Å². The Labute approximate surface area is 235 Å². The zero-order chi connectivity index (χ0) is 29.0. The molecule has 1 aliphatic rings. The van der Waals surface area contributed by atoms with Crippen LogP contribution in [-0.2, 0) is 26.4 Å². The molecule has 0 heterocycles. The summed E-state index contributed by atoms with van der Waals surface area (Å²) in [6, 6.07) is 28.5. The summed E-state index contributed by atoms with van der Waals surface area (Å²) in [4.78, 5) is 0. The van der Waals surface area contributed by atoms with Gasteiger partial charge in [-0.1, -0.05) is 54.6 Å². The second kappa shape index (κ2) is 18.7. The molecule has 5 nitrogen and oxygen atoms in total. The van der Waals surface area contributed by atoms with Crippen molar-refractivity contribution in [2.24, 2.45) is 0 Å². The van der Waals surface area contributed by atoms with E-state index < -0.39 is 16.4 Å². The van der Waals surface area contributed by atoms with Gasteiger partial charge in [0.2, 0.25) is 0 Å². The number of para-hydroxylation sites is 3. The van der Waals surface area contributed by atoms with Crippen LogP contribution in [-0.4, -0.2) is 0 Å². The molecule has 4 rings (SSSR count). The quantitative estimate of drug-likeness (QED) is 0.0894. The van der Waals surface area contributed by atoms with Gasteiger partial charge in [-0.05, 0) is 68.5 Å². The standard InChI is InChI=1S/C18H15O3P.C5H5.2CO.F6P.Fe/c1-4-10-16(11-5-1)19-22(20-17-12-6-2-7-13-17)21-18-14-8-3-9-15-18;1-2-4-5-3-1;2*1-2;1-7(2,3,4,5)6;/h1-15H;1-5H;;;;/q;;;;-1;+2. The van der Waals surface area contributed by atoms with Gasteiger partial charge in [0.05, 0.1) is 0 Å². The van der Waals surface area contributed by atoms with Crippen molar-refractivity contribution in [2.75, 3.05) is 0 Å². The molecule has 39 heavy (non-hydrogen) atoms. The molecule has 3 aromatic rings. The maximum absolute atomic E-state index is 10.7. The van der Waals surface area contributed by atoms with Gasteiger partial charge in [0.1, 0.15) is 17.2 Å². The van der Waals surface area contributed by atoms with E-state index in [9.17, 15) is 25.2 Å². The second-order valence-electron chi connectivity index (χ2n) is 6.36. The first-order valence-electron chi connectivity index (χ1n) is 9.98. The summed E-state index contributed by atoms with van der Waals surface area (Å²) in [7, 11) is -12.2. The molecule has 14 heteroatoms. The number of hydrogen-bond acceptors (Lipinski definition) is 3. The Balaban J connectivity index is 0. The predicted octanol–water partition coefficient (Wildman–Crippen LogP) is 9.78. The molecule has 0 atom stereocenters. The van der Waals surface area contributed by atoms with Crippen molar-refractivity contribution < 1.29 is 65.1 Å². The Kier molecular flexibility index (Phi) is 18.6. The van der Waals surface area contributed by atoms with Crippen LogP contribution in [0.5, 0.6) is 17.2 Å². The number of halogens is 6. The number of hydrogen-bond donors (Lipinski definition) is 0. The van der Waals surface area contributed by atoms with Gasteiger partial charge < -0.3 is 13.6 Å². The largest absolute Gasteiger partial charge is 2.00 e. The molecule has 1 saturated carbocycles. The summed E-state index contributed by atoms with van der Waals surface area (Å²) in [5, 5.41) is 0. The predicted molar refractivity (Wildman–Crippen MR) is 131 cm³/mol. The van der Waals surface area contributed by atoms with Crippen molar-refractivity contribution >= 4 is 16.4 Å². The molecule has 0 spiro atoms. The fourth-order valence-corrected chi connectivity index (χ4v) is 3.07. The molecule has 1 aliphatic carbocycles. The van der Waals surface area contributed by atoms with E-state index in [1.54, 1.807) is 0 Å². The van der Waals surface area contributed by atoms with E-state index in [4.69, 9.17) is 22.9 Å². The zero-order valence-electron chi connectivity index (χ0n) is 19.6. The van der Waals surface area contributed by atoms with E-state index in [0.717, 1.165) is 0 Å². The molecular weight excluding hydrogens is 612 g/mol. The van der Waals surface area contributed by atoms with Crippen LogP contribution >= 0.6 is 16.4 Å². The summed E-state index contributed by atoms with van der Waals surface area (Å²) in [6.07, 6.45) is 10.0. The van der Waals surface area contributed by atoms with Crippen LogP contribution in [0.15, 0.2) is 91.0 Å². The summed E-state index contributed by atoms with van der Waals surface area (Å²) in [5.74, 6) is 2.13. The molecule has 1 fully saturated rings. The van der Waals surface area contributed by atoms with E-state index in [1.165, 1.54) is 0 Å². The Morgan fingerprint density at radius 2 is 0.641 bits per heavy atom. The summed E-state index contributed by atoms with van der Waals surface area (Å²) >= 11 is 0. The van der Waals surface area contributed by atoms with E-state index >= 15 is 0 Å². The van der Waals surface area contributed by atoms with Crippen LogP contribution in [0.1, 0.15) is 0 Å². The van der Waals surface area contributed by atoms with E-state index in [2.05, 4.69) is 13.3 Å². The summed E-state index contributed by atoms with van der Waals surface area (Å²) < 4.78 is 91.7. The first-order chi connectivity index (χ1) is 17.8. The first-order valence-corrected chi connectivity index (χ1v) is 13.1. The average Bonchev–Trinajstić information content (AvgIpc) is 3.47. The molecule has 5 radical (unpaired) electrons. The van der Waals surface area contributed by atoms with Crippen molar-refractivity contribution in [1.29, 1.82) is 0 Å².